The van der Waals surface area contributed by atoms with Crippen molar-refractivity contribution in [2.45, 2.75) is 6.92 Å². The lowest BCUT2D eigenvalue weighted by molar-refractivity contribution is 0.473. The standard InChI is InChI=1S/C12H10N4O/c1-7-2-10-12(14-4-7)16-11(15-10)8-3-9(17)6-13-5-8/h2-6,17H,1H3,(H,14,15,16). The Morgan fingerprint density at radius 1 is 1.18 bits per heavy atom. The summed E-state index contributed by atoms with van der Waals surface area (Å²) in [4.78, 5) is 15.6. The van der Waals surface area contributed by atoms with Gasteiger partial charge in [0.1, 0.15) is 11.6 Å². The van der Waals surface area contributed by atoms with Crippen LogP contribution in [0.25, 0.3) is 22.6 Å². The van der Waals surface area contributed by atoms with Gasteiger partial charge in [-0.05, 0) is 24.6 Å². The van der Waals surface area contributed by atoms with E-state index >= 15 is 0 Å². The number of nitrogens with zero attached hydrogens (tertiary/aromatic N) is 3. The number of aryl methyl sites for hydroxylation is 1. The zero-order chi connectivity index (χ0) is 11.8. The number of fused-ring (bicyclic) bond motifs is 1. The molecule has 0 unspecified atom stereocenters. The smallest absolute Gasteiger partial charge is 0.178 e. The van der Waals surface area contributed by atoms with Crippen LogP contribution in [0.1, 0.15) is 5.56 Å². The number of imidazole rings is 1. The third-order valence-electron chi connectivity index (χ3n) is 2.47. The van der Waals surface area contributed by atoms with Crippen molar-refractivity contribution < 1.29 is 5.11 Å². The van der Waals surface area contributed by atoms with E-state index in [9.17, 15) is 5.11 Å². The highest BCUT2D eigenvalue weighted by molar-refractivity contribution is 5.76. The van der Waals surface area contributed by atoms with Crippen molar-refractivity contribution in [2.24, 2.45) is 0 Å². The summed E-state index contributed by atoms with van der Waals surface area (Å²) in [5.41, 5.74) is 3.35. The number of H-pyrrole nitrogens is 1. The number of aromatic hydroxyl groups is 1. The van der Waals surface area contributed by atoms with E-state index in [4.69, 9.17) is 0 Å². The molecule has 0 aliphatic carbocycles. The molecule has 0 fully saturated rings. The molecule has 0 aliphatic heterocycles. The van der Waals surface area contributed by atoms with E-state index in [1.165, 1.54) is 6.20 Å². The first kappa shape index (κ1) is 9.77. The number of aromatic nitrogens is 4. The molecule has 0 amide bonds. The molecule has 0 aromatic carbocycles. The maximum Gasteiger partial charge on any atom is 0.178 e. The molecule has 3 aromatic heterocycles. The van der Waals surface area contributed by atoms with E-state index in [2.05, 4.69) is 19.9 Å². The van der Waals surface area contributed by atoms with Gasteiger partial charge >= 0.3 is 0 Å². The average molecular weight is 226 g/mol. The van der Waals surface area contributed by atoms with Crippen LogP contribution < -0.4 is 0 Å². The lowest BCUT2D eigenvalue weighted by atomic mass is 10.2. The molecule has 0 spiro atoms. The van der Waals surface area contributed by atoms with Crippen LogP contribution in [0.5, 0.6) is 5.75 Å². The second-order valence-electron chi connectivity index (χ2n) is 3.90. The minimum Gasteiger partial charge on any atom is -0.506 e. The maximum absolute atomic E-state index is 9.37. The topological polar surface area (TPSA) is 74.7 Å². The Morgan fingerprint density at radius 2 is 2.06 bits per heavy atom. The molecule has 84 valence electrons. The van der Waals surface area contributed by atoms with Gasteiger partial charge in [-0.1, -0.05) is 0 Å². The van der Waals surface area contributed by atoms with Crippen LogP contribution in [0.3, 0.4) is 0 Å². The molecule has 5 nitrogen and oxygen atoms in total. The SMILES string of the molecule is Cc1cnc2nc(-c3cncc(O)c3)[nH]c2c1. The van der Waals surface area contributed by atoms with Gasteiger partial charge in [0.05, 0.1) is 11.7 Å². The molecule has 5 heteroatoms. The summed E-state index contributed by atoms with van der Waals surface area (Å²) in [6, 6.07) is 3.59. The molecular weight excluding hydrogens is 216 g/mol. The van der Waals surface area contributed by atoms with Gasteiger partial charge in [0, 0.05) is 18.0 Å². The molecule has 0 bridgehead atoms. The van der Waals surface area contributed by atoms with Gasteiger partial charge < -0.3 is 10.1 Å². The Labute approximate surface area is 97.2 Å². The van der Waals surface area contributed by atoms with Gasteiger partial charge in [0.2, 0.25) is 0 Å². The molecule has 0 atom stereocenters. The normalized spacial score (nSPS) is 10.9. The summed E-state index contributed by atoms with van der Waals surface area (Å²) in [5.74, 6) is 0.772. The number of hydrogen-bond acceptors (Lipinski definition) is 4. The molecule has 2 N–H and O–H groups in total. The fourth-order valence-electron chi connectivity index (χ4n) is 1.70. The average Bonchev–Trinajstić information content (AvgIpc) is 2.72. The van der Waals surface area contributed by atoms with Crippen LogP contribution in [0.2, 0.25) is 0 Å². The van der Waals surface area contributed by atoms with E-state index in [0.717, 1.165) is 16.6 Å². The van der Waals surface area contributed by atoms with Gasteiger partial charge in [-0.25, -0.2) is 9.97 Å². The second-order valence-corrected chi connectivity index (χ2v) is 3.90. The first-order valence-corrected chi connectivity index (χ1v) is 5.19. The first-order chi connectivity index (χ1) is 8.22. The highest BCUT2D eigenvalue weighted by Gasteiger charge is 2.07. The van der Waals surface area contributed by atoms with Crippen molar-refractivity contribution in [3.8, 4) is 17.1 Å². The Morgan fingerprint density at radius 3 is 2.88 bits per heavy atom. The number of nitrogens with one attached hydrogen (secondary N) is 1. The molecule has 3 aromatic rings. The predicted molar refractivity (Wildman–Crippen MR) is 63.5 cm³/mol. The Balaban J connectivity index is 2.18. The second kappa shape index (κ2) is 3.55. The summed E-state index contributed by atoms with van der Waals surface area (Å²) in [6.45, 7) is 1.98. The number of hydrogen-bond donors (Lipinski definition) is 2. The predicted octanol–water partition coefficient (Wildman–Crippen LogP) is 2.03. The summed E-state index contributed by atoms with van der Waals surface area (Å²) in [5, 5.41) is 9.37. The van der Waals surface area contributed by atoms with Crippen molar-refractivity contribution in [1.82, 2.24) is 19.9 Å². The van der Waals surface area contributed by atoms with Crippen molar-refractivity contribution in [1.29, 1.82) is 0 Å². The van der Waals surface area contributed by atoms with Crippen molar-refractivity contribution in [3.63, 3.8) is 0 Å². The molecular formula is C12H10N4O. The molecule has 3 heterocycles. The van der Waals surface area contributed by atoms with Crippen LogP contribution in [0.15, 0.2) is 30.7 Å². The summed E-state index contributed by atoms with van der Waals surface area (Å²) in [6.07, 6.45) is 4.80. The van der Waals surface area contributed by atoms with Gasteiger partial charge in [0.15, 0.2) is 5.65 Å². The minimum atomic E-state index is 0.118. The minimum absolute atomic E-state index is 0.118. The van der Waals surface area contributed by atoms with E-state index in [1.54, 1.807) is 18.5 Å². The third kappa shape index (κ3) is 1.71. The summed E-state index contributed by atoms with van der Waals surface area (Å²) in [7, 11) is 0. The zero-order valence-electron chi connectivity index (χ0n) is 9.18. The molecule has 0 radical (unpaired) electrons. The first-order valence-electron chi connectivity index (χ1n) is 5.19. The molecule has 0 aliphatic rings. The maximum atomic E-state index is 9.37. The van der Waals surface area contributed by atoms with E-state index in [-0.39, 0.29) is 5.75 Å². The van der Waals surface area contributed by atoms with Gasteiger partial charge in [-0.3, -0.25) is 4.98 Å². The van der Waals surface area contributed by atoms with Crippen LogP contribution in [0, 0.1) is 6.92 Å². The van der Waals surface area contributed by atoms with Gasteiger partial charge in [-0.2, -0.15) is 0 Å². The van der Waals surface area contributed by atoms with E-state index in [0.29, 0.717) is 11.5 Å². The Kier molecular flexibility index (Phi) is 2.04. The highest BCUT2D eigenvalue weighted by Crippen LogP contribution is 2.21. The van der Waals surface area contributed by atoms with Crippen LogP contribution in [-0.2, 0) is 0 Å². The monoisotopic (exact) mass is 226 g/mol. The van der Waals surface area contributed by atoms with Crippen molar-refractivity contribution >= 4 is 11.2 Å². The fourth-order valence-corrected chi connectivity index (χ4v) is 1.70. The molecule has 17 heavy (non-hydrogen) atoms. The third-order valence-corrected chi connectivity index (χ3v) is 2.47. The fraction of sp³-hybridized carbons (Fsp3) is 0.0833. The molecule has 0 saturated heterocycles. The lowest BCUT2D eigenvalue weighted by Gasteiger charge is -1.95. The van der Waals surface area contributed by atoms with E-state index in [1.807, 2.05) is 13.0 Å². The van der Waals surface area contributed by atoms with Crippen LogP contribution in [0.4, 0.5) is 0 Å². The van der Waals surface area contributed by atoms with Crippen molar-refractivity contribution in [2.75, 3.05) is 0 Å². The van der Waals surface area contributed by atoms with Crippen LogP contribution >= 0.6 is 0 Å². The Bertz CT molecular complexity index is 690. The van der Waals surface area contributed by atoms with Gasteiger partial charge in [-0.15, -0.1) is 0 Å². The number of aromatic amines is 1. The highest BCUT2D eigenvalue weighted by atomic mass is 16.3. The molecule has 0 saturated carbocycles. The summed E-state index contributed by atoms with van der Waals surface area (Å²) < 4.78 is 0. The Hall–Kier alpha value is -2.43. The number of rotatable bonds is 1. The quantitative estimate of drug-likeness (QED) is 0.665. The molecule has 3 rings (SSSR count). The lowest BCUT2D eigenvalue weighted by Crippen LogP contribution is -1.81. The van der Waals surface area contributed by atoms with E-state index < -0.39 is 0 Å². The number of pyridine rings is 2. The van der Waals surface area contributed by atoms with Gasteiger partial charge in [0.25, 0.3) is 0 Å². The van der Waals surface area contributed by atoms with Crippen molar-refractivity contribution in [3.05, 3.63) is 36.3 Å². The largest absolute Gasteiger partial charge is 0.506 e. The van der Waals surface area contributed by atoms with Crippen LogP contribution in [-0.4, -0.2) is 25.0 Å². The zero-order valence-corrected chi connectivity index (χ0v) is 9.18. The summed E-state index contributed by atoms with van der Waals surface area (Å²) >= 11 is 0.